The number of benzene rings is 2. The number of nitrogens with one attached hydrogen (secondary N) is 2. The van der Waals surface area contributed by atoms with Crippen LogP contribution in [0.15, 0.2) is 48.5 Å². The topological polar surface area (TPSA) is 111 Å². The number of carbonyl (C=O) groups is 2. The van der Waals surface area contributed by atoms with Crippen LogP contribution in [0.3, 0.4) is 0 Å². The third-order valence-electron chi connectivity index (χ3n) is 4.32. The van der Waals surface area contributed by atoms with Gasteiger partial charge in [-0.3, -0.25) is 9.59 Å². The molecule has 1 fully saturated rings. The molecule has 148 valence electrons. The SMILES string of the molecule is CCOc1ccccc1C(=O)Nc1ccc(-n2nnc(C(=O)NC3CC3)n2)cc1. The van der Waals surface area contributed by atoms with E-state index in [1.807, 2.05) is 13.0 Å². The van der Waals surface area contributed by atoms with Crippen LogP contribution in [0.2, 0.25) is 0 Å². The Bertz CT molecular complexity index is 1030. The van der Waals surface area contributed by atoms with Gasteiger partial charge in [0.05, 0.1) is 17.9 Å². The summed E-state index contributed by atoms with van der Waals surface area (Å²) in [4.78, 5) is 25.8. The van der Waals surface area contributed by atoms with E-state index in [0.29, 0.717) is 29.3 Å². The van der Waals surface area contributed by atoms with Gasteiger partial charge in [-0.15, -0.1) is 15.0 Å². The molecule has 9 heteroatoms. The number of anilines is 1. The summed E-state index contributed by atoms with van der Waals surface area (Å²) in [5.74, 6) is -0.0231. The first-order valence-corrected chi connectivity index (χ1v) is 9.38. The van der Waals surface area contributed by atoms with Gasteiger partial charge >= 0.3 is 0 Å². The van der Waals surface area contributed by atoms with Gasteiger partial charge in [0.15, 0.2) is 0 Å². The van der Waals surface area contributed by atoms with Crippen molar-refractivity contribution in [2.45, 2.75) is 25.8 Å². The van der Waals surface area contributed by atoms with Crippen molar-refractivity contribution in [2.24, 2.45) is 0 Å². The Balaban J connectivity index is 1.44. The second kappa shape index (κ2) is 8.09. The second-order valence-electron chi connectivity index (χ2n) is 6.58. The summed E-state index contributed by atoms with van der Waals surface area (Å²) in [6.07, 6.45) is 1.98. The lowest BCUT2D eigenvalue weighted by Crippen LogP contribution is -2.26. The number of nitrogens with zero attached hydrogens (tertiary/aromatic N) is 4. The fourth-order valence-electron chi connectivity index (χ4n) is 2.70. The van der Waals surface area contributed by atoms with Gasteiger partial charge in [0.2, 0.25) is 0 Å². The van der Waals surface area contributed by atoms with Gasteiger partial charge in [0.1, 0.15) is 5.75 Å². The number of aromatic nitrogens is 4. The van der Waals surface area contributed by atoms with Crippen molar-refractivity contribution in [2.75, 3.05) is 11.9 Å². The molecule has 0 spiro atoms. The third-order valence-corrected chi connectivity index (χ3v) is 4.32. The number of amides is 2. The molecule has 1 heterocycles. The number of hydrogen-bond acceptors (Lipinski definition) is 6. The minimum Gasteiger partial charge on any atom is -0.493 e. The van der Waals surface area contributed by atoms with Crippen LogP contribution < -0.4 is 15.4 Å². The summed E-state index contributed by atoms with van der Waals surface area (Å²) < 4.78 is 5.50. The number of hydrogen-bond donors (Lipinski definition) is 2. The van der Waals surface area contributed by atoms with Crippen LogP contribution in [-0.4, -0.2) is 44.7 Å². The lowest BCUT2D eigenvalue weighted by Gasteiger charge is -2.10. The third kappa shape index (κ3) is 4.40. The molecular weight excluding hydrogens is 372 g/mol. The molecule has 0 bridgehead atoms. The summed E-state index contributed by atoms with van der Waals surface area (Å²) in [7, 11) is 0. The van der Waals surface area contributed by atoms with E-state index in [0.717, 1.165) is 12.8 Å². The van der Waals surface area contributed by atoms with Crippen LogP contribution >= 0.6 is 0 Å². The van der Waals surface area contributed by atoms with Gasteiger partial charge in [0, 0.05) is 11.7 Å². The highest BCUT2D eigenvalue weighted by Gasteiger charge is 2.25. The Morgan fingerprint density at radius 3 is 2.59 bits per heavy atom. The molecule has 29 heavy (non-hydrogen) atoms. The highest BCUT2D eigenvalue weighted by atomic mass is 16.5. The van der Waals surface area contributed by atoms with Gasteiger partial charge in [0.25, 0.3) is 17.6 Å². The molecule has 1 aliphatic rings. The van der Waals surface area contributed by atoms with Crippen molar-refractivity contribution < 1.29 is 14.3 Å². The molecule has 0 radical (unpaired) electrons. The predicted molar refractivity (Wildman–Crippen MR) is 105 cm³/mol. The molecule has 3 aromatic rings. The first-order valence-electron chi connectivity index (χ1n) is 9.38. The van der Waals surface area contributed by atoms with Crippen molar-refractivity contribution >= 4 is 17.5 Å². The smallest absolute Gasteiger partial charge is 0.293 e. The van der Waals surface area contributed by atoms with E-state index in [9.17, 15) is 9.59 Å². The zero-order valence-electron chi connectivity index (χ0n) is 15.8. The molecule has 9 nitrogen and oxygen atoms in total. The molecule has 2 amide bonds. The summed E-state index contributed by atoms with van der Waals surface area (Å²) in [6.45, 7) is 2.34. The van der Waals surface area contributed by atoms with Crippen molar-refractivity contribution in [3.63, 3.8) is 0 Å². The molecule has 0 atom stereocenters. The zero-order valence-corrected chi connectivity index (χ0v) is 15.8. The lowest BCUT2D eigenvalue weighted by atomic mass is 10.2. The summed E-state index contributed by atoms with van der Waals surface area (Å²) in [6, 6.07) is 14.2. The van der Waals surface area contributed by atoms with E-state index in [2.05, 4.69) is 26.0 Å². The summed E-state index contributed by atoms with van der Waals surface area (Å²) in [5, 5.41) is 17.5. The van der Waals surface area contributed by atoms with Crippen LogP contribution in [0.1, 0.15) is 40.7 Å². The van der Waals surface area contributed by atoms with Crippen LogP contribution in [0.25, 0.3) is 5.69 Å². The van der Waals surface area contributed by atoms with Gasteiger partial charge in [-0.25, -0.2) is 0 Å². The maximum Gasteiger partial charge on any atom is 0.293 e. The highest BCUT2D eigenvalue weighted by Crippen LogP contribution is 2.21. The number of tetrazole rings is 1. The van der Waals surface area contributed by atoms with Crippen molar-refractivity contribution in [1.82, 2.24) is 25.5 Å². The maximum absolute atomic E-state index is 12.6. The Kier molecular flexibility index (Phi) is 5.19. The van der Waals surface area contributed by atoms with Gasteiger partial charge in [-0.1, -0.05) is 12.1 Å². The molecule has 0 aliphatic heterocycles. The van der Waals surface area contributed by atoms with Crippen LogP contribution in [-0.2, 0) is 0 Å². The van der Waals surface area contributed by atoms with Gasteiger partial charge in [-0.2, -0.15) is 0 Å². The average Bonchev–Trinajstić information content (AvgIpc) is 3.40. The Labute approximate surface area is 167 Å². The van der Waals surface area contributed by atoms with E-state index in [1.54, 1.807) is 42.5 Å². The Morgan fingerprint density at radius 2 is 1.86 bits per heavy atom. The minimum atomic E-state index is -0.324. The molecular formula is C20H20N6O3. The molecule has 2 N–H and O–H groups in total. The minimum absolute atomic E-state index is 0.0295. The second-order valence-corrected chi connectivity index (χ2v) is 6.58. The maximum atomic E-state index is 12.6. The quantitative estimate of drug-likeness (QED) is 0.638. The number of carbonyl (C=O) groups excluding carboxylic acids is 2. The van der Waals surface area contributed by atoms with E-state index in [-0.39, 0.29) is 23.7 Å². The fraction of sp³-hybridized carbons (Fsp3) is 0.250. The predicted octanol–water partition coefficient (Wildman–Crippen LogP) is 2.21. The van der Waals surface area contributed by atoms with Crippen molar-refractivity contribution in [3.05, 3.63) is 59.9 Å². The molecule has 1 saturated carbocycles. The first-order chi connectivity index (χ1) is 14.1. The number of rotatable bonds is 7. The molecule has 1 aliphatic carbocycles. The van der Waals surface area contributed by atoms with E-state index < -0.39 is 0 Å². The molecule has 1 aromatic heterocycles. The molecule has 2 aromatic carbocycles. The number of para-hydroxylation sites is 1. The van der Waals surface area contributed by atoms with Gasteiger partial charge in [-0.05, 0) is 61.4 Å². The largest absolute Gasteiger partial charge is 0.493 e. The van der Waals surface area contributed by atoms with E-state index >= 15 is 0 Å². The summed E-state index contributed by atoms with van der Waals surface area (Å²) in [5.41, 5.74) is 1.69. The molecule has 0 saturated heterocycles. The fourth-order valence-corrected chi connectivity index (χ4v) is 2.70. The van der Waals surface area contributed by atoms with Gasteiger partial charge < -0.3 is 15.4 Å². The van der Waals surface area contributed by atoms with Crippen LogP contribution in [0.4, 0.5) is 5.69 Å². The van der Waals surface area contributed by atoms with Crippen LogP contribution in [0.5, 0.6) is 5.75 Å². The van der Waals surface area contributed by atoms with Crippen molar-refractivity contribution in [1.29, 1.82) is 0 Å². The number of ether oxygens (including phenoxy) is 1. The summed E-state index contributed by atoms with van der Waals surface area (Å²) >= 11 is 0. The molecule has 4 rings (SSSR count). The van der Waals surface area contributed by atoms with Crippen molar-refractivity contribution in [3.8, 4) is 11.4 Å². The Hall–Kier alpha value is -3.75. The van der Waals surface area contributed by atoms with Crippen LogP contribution in [0, 0.1) is 0 Å². The lowest BCUT2D eigenvalue weighted by molar-refractivity contribution is 0.0939. The molecule has 0 unspecified atom stereocenters. The van der Waals surface area contributed by atoms with E-state index in [4.69, 9.17) is 4.74 Å². The monoisotopic (exact) mass is 392 g/mol. The normalized spacial score (nSPS) is 13.0. The Morgan fingerprint density at radius 1 is 1.10 bits per heavy atom. The first kappa shape index (κ1) is 18.6. The zero-order chi connectivity index (χ0) is 20.2. The average molecular weight is 392 g/mol. The highest BCUT2D eigenvalue weighted by molar-refractivity contribution is 6.06. The van der Waals surface area contributed by atoms with E-state index in [1.165, 1.54) is 4.80 Å². The standard InChI is InChI=1S/C20H20N6O3/c1-2-29-17-6-4-3-5-16(17)19(27)21-14-9-11-15(12-10-14)26-24-18(23-25-26)20(28)22-13-7-8-13/h3-6,9-13H,2,7-8H2,1H3,(H,21,27)(H,22,28).